The van der Waals surface area contributed by atoms with Gasteiger partial charge in [0.05, 0.1) is 6.54 Å². The van der Waals surface area contributed by atoms with Gasteiger partial charge in [0.15, 0.2) is 5.96 Å². The highest BCUT2D eigenvalue weighted by molar-refractivity contribution is 5.93. The highest BCUT2D eigenvalue weighted by Crippen LogP contribution is 2.22. The Kier molecular flexibility index (Phi) is 7.67. The van der Waals surface area contributed by atoms with E-state index >= 15 is 0 Å². The number of ether oxygens (including phenoxy) is 1. The topological polar surface area (TPSA) is 88.7 Å². The molecular formula is C21H28N4O2. The summed E-state index contributed by atoms with van der Waals surface area (Å²) in [6.07, 6.45) is 1.86. The number of nitrogens with two attached hydrogens (primary N) is 1. The zero-order valence-electron chi connectivity index (χ0n) is 16.2. The zero-order chi connectivity index (χ0) is 19.6. The van der Waals surface area contributed by atoms with Gasteiger partial charge in [-0.05, 0) is 36.1 Å². The number of carbonyl (C=O) groups excluding carboxylic acids is 1. The molecule has 2 rings (SSSR count). The van der Waals surface area contributed by atoms with Crippen LogP contribution in [0, 0.1) is 0 Å². The number of hydrogen-bond donors (Lipinski definition) is 3. The van der Waals surface area contributed by atoms with E-state index in [-0.39, 0.29) is 5.91 Å². The van der Waals surface area contributed by atoms with Crippen molar-refractivity contribution in [2.45, 2.75) is 33.6 Å². The molecule has 2 aromatic rings. The van der Waals surface area contributed by atoms with E-state index in [9.17, 15) is 4.79 Å². The first-order valence-corrected chi connectivity index (χ1v) is 9.21. The fourth-order valence-corrected chi connectivity index (χ4v) is 2.77. The van der Waals surface area contributed by atoms with Crippen LogP contribution in [-0.2, 0) is 17.6 Å². The molecule has 1 amide bonds. The van der Waals surface area contributed by atoms with Crippen molar-refractivity contribution in [2.24, 2.45) is 10.7 Å². The SMILES string of the molecule is CCc1cccc(CC)c1NC(N)=NCCOc1cccc(NC(C)=O)c1. The van der Waals surface area contributed by atoms with Crippen LogP contribution < -0.4 is 21.1 Å². The van der Waals surface area contributed by atoms with E-state index in [1.165, 1.54) is 18.1 Å². The van der Waals surface area contributed by atoms with Crippen molar-refractivity contribution in [2.75, 3.05) is 23.8 Å². The smallest absolute Gasteiger partial charge is 0.221 e. The number of amides is 1. The van der Waals surface area contributed by atoms with E-state index in [4.69, 9.17) is 10.5 Å². The Morgan fingerprint density at radius 1 is 1.07 bits per heavy atom. The minimum atomic E-state index is -0.116. The largest absolute Gasteiger partial charge is 0.492 e. The van der Waals surface area contributed by atoms with Gasteiger partial charge in [0.2, 0.25) is 5.91 Å². The lowest BCUT2D eigenvalue weighted by Crippen LogP contribution is -2.25. The molecule has 0 fully saturated rings. The summed E-state index contributed by atoms with van der Waals surface area (Å²) in [5.74, 6) is 0.934. The van der Waals surface area contributed by atoms with Crippen molar-refractivity contribution in [3.05, 3.63) is 53.6 Å². The molecule has 4 N–H and O–H groups in total. The average molecular weight is 368 g/mol. The second-order valence-electron chi connectivity index (χ2n) is 6.11. The number of carbonyl (C=O) groups is 1. The minimum absolute atomic E-state index is 0.116. The maximum absolute atomic E-state index is 11.1. The van der Waals surface area contributed by atoms with Crippen molar-refractivity contribution in [1.82, 2.24) is 0 Å². The summed E-state index contributed by atoms with van der Waals surface area (Å²) in [7, 11) is 0. The Bertz CT molecular complexity index is 780. The molecule has 0 unspecified atom stereocenters. The third kappa shape index (κ3) is 6.33. The molecule has 0 aliphatic heterocycles. The second kappa shape index (κ2) is 10.2. The Morgan fingerprint density at radius 3 is 2.37 bits per heavy atom. The predicted molar refractivity (Wildman–Crippen MR) is 112 cm³/mol. The molecule has 0 radical (unpaired) electrons. The van der Waals surface area contributed by atoms with Gasteiger partial charge in [-0.1, -0.05) is 38.1 Å². The lowest BCUT2D eigenvalue weighted by atomic mass is 10.0. The lowest BCUT2D eigenvalue weighted by molar-refractivity contribution is -0.114. The van der Waals surface area contributed by atoms with Gasteiger partial charge in [-0.3, -0.25) is 4.79 Å². The van der Waals surface area contributed by atoms with Gasteiger partial charge in [-0.2, -0.15) is 0 Å². The third-order valence-corrected chi connectivity index (χ3v) is 4.05. The van der Waals surface area contributed by atoms with Crippen molar-refractivity contribution in [3.8, 4) is 5.75 Å². The van der Waals surface area contributed by atoms with Crippen LogP contribution in [0.3, 0.4) is 0 Å². The van der Waals surface area contributed by atoms with Gasteiger partial charge in [0, 0.05) is 24.4 Å². The van der Waals surface area contributed by atoms with Crippen LogP contribution in [0.5, 0.6) is 5.75 Å². The number of anilines is 2. The molecule has 0 aliphatic rings. The highest BCUT2D eigenvalue weighted by atomic mass is 16.5. The molecule has 144 valence electrons. The summed E-state index contributed by atoms with van der Waals surface area (Å²) in [5.41, 5.74) is 10.2. The molecular weight excluding hydrogens is 340 g/mol. The van der Waals surface area contributed by atoms with E-state index < -0.39 is 0 Å². The average Bonchev–Trinajstić information content (AvgIpc) is 2.65. The number of benzene rings is 2. The number of guanidine groups is 1. The normalized spacial score (nSPS) is 11.1. The number of rotatable bonds is 8. The van der Waals surface area contributed by atoms with Crippen LogP contribution in [-0.4, -0.2) is 25.0 Å². The van der Waals surface area contributed by atoms with E-state index in [0.717, 1.165) is 18.5 Å². The van der Waals surface area contributed by atoms with Crippen molar-refractivity contribution < 1.29 is 9.53 Å². The maximum Gasteiger partial charge on any atom is 0.221 e. The molecule has 2 aromatic carbocycles. The summed E-state index contributed by atoms with van der Waals surface area (Å²) in [4.78, 5) is 15.5. The Hall–Kier alpha value is -3.02. The van der Waals surface area contributed by atoms with Gasteiger partial charge in [0.25, 0.3) is 0 Å². The monoisotopic (exact) mass is 368 g/mol. The fraction of sp³-hybridized carbons (Fsp3) is 0.333. The third-order valence-electron chi connectivity index (χ3n) is 4.05. The molecule has 6 heteroatoms. The summed E-state index contributed by atoms with van der Waals surface area (Å²) in [6.45, 7) is 6.53. The van der Waals surface area contributed by atoms with Gasteiger partial charge >= 0.3 is 0 Å². The number of para-hydroxylation sites is 1. The van der Waals surface area contributed by atoms with Gasteiger partial charge in [0.1, 0.15) is 12.4 Å². The summed E-state index contributed by atoms with van der Waals surface area (Å²) in [6, 6.07) is 13.5. The molecule has 27 heavy (non-hydrogen) atoms. The first kappa shape index (κ1) is 20.3. The Labute approximate surface area is 160 Å². The summed E-state index contributed by atoms with van der Waals surface area (Å²) < 4.78 is 5.68. The fourth-order valence-electron chi connectivity index (χ4n) is 2.77. The van der Waals surface area contributed by atoms with Crippen molar-refractivity contribution in [1.29, 1.82) is 0 Å². The van der Waals surface area contributed by atoms with Crippen LogP contribution in [0.2, 0.25) is 0 Å². The van der Waals surface area contributed by atoms with Gasteiger partial charge in [-0.25, -0.2) is 4.99 Å². The van der Waals surface area contributed by atoms with Crippen LogP contribution >= 0.6 is 0 Å². The maximum atomic E-state index is 11.1. The lowest BCUT2D eigenvalue weighted by Gasteiger charge is -2.15. The quantitative estimate of drug-likeness (QED) is 0.377. The second-order valence-corrected chi connectivity index (χ2v) is 6.11. The van der Waals surface area contributed by atoms with Crippen LogP contribution in [0.25, 0.3) is 0 Å². The van der Waals surface area contributed by atoms with E-state index in [1.54, 1.807) is 6.07 Å². The predicted octanol–water partition coefficient (Wildman–Crippen LogP) is 3.58. The van der Waals surface area contributed by atoms with Crippen LogP contribution in [0.4, 0.5) is 11.4 Å². The number of nitrogens with zero attached hydrogens (tertiary/aromatic N) is 1. The van der Waals surface area contributed by atoms with E-state index in [0.29, 0.717) is 30.5 Å². The number of nitrogens with one attached hydrogen (secondary N) is 2. The molecule has 0 aliphatic carbocycles. The number of aliphatic imine (C=N–C) groups is 1. The molecule has 0 bridgehead atoms. The summed E-state index contributed by atoms with van der Waals surface area (Å²) >= 11 is 0. The molecule has 0 atom stereocenters. The Morgan fingerprint density at radius 2 is 1.74 bits per heavy atom. The number of aryl methyl sites for hydroxylation is 2. The first-order chi connectivity index (χ1) is 13.0. The highest BCUT2D eigenvalue weighted by Gasteiger charge is 2.07. The molecule has 0 heterocycles. The molecule has 0 aromatic heterocycles. The van der Waals surface area contributed by atoms with Gasteiger partial charge in [-0.15, -0.1) is 0 Å². The first-order valence-electron chi connectivity index (χ1n) is 9.21. The Balaban J connectivity index is 1.91. The van der Waals surface area contributed by atoms with E-state index in [2.05, 4.69) is 47.7 Å². The van der Waals surface area contributed by atoms with Crippen molar-refractivity contribution >= 4 is 23.2 Å². The zero-order valence-corrected chi connectivity index (χ0v) is 16.2. The van der Waals surface area contributed by atoms with Gasteiger partial charge < -0.3 is 21.1 Å². The minimum Gasteiger partial charge on any atom is -0.492 e. The van der Waals surface area contributed by atoms with Crippen molar-refractivity contribution in [3.63, 3.8) is 0 Å². The molecule has 6 nitrogen and oxygen atoms in total. The van der Waals surface area contributed by atoms with Crippen LogP contribution in [0.15, 0.2) is 47.5 Å². The molecule has 0 saturated heterocycles. The van der Waals surface area contributed by atoms with E-state index in [1.807, 2.05) is 18.2 Å². The van der Waals surface area contributed by atoms with Crippen LogP contribution in [0.1, 0.15) is 31.9 Å². The summed E-state index contributed by atoms with van der Waals surface area (Å²) in [5, 5.41) is 5.96. The molecule has 0 spiro atoms. The molecule has 0 saturated carbocycles. The standard InChI is InChI=1S/C21H28N4O2/c1-4-16-8-6-9-17(5-2)20(16)25-21(22)23-12-13-27-19-11-7-10-18(14-19)24-15(3)26/h6-11,14H,4-5,12-13H2,1-3H3,(H,24,26)(H3,22,23,25). The number of hydrogen-bond acceptors (Lipinski definition) is 3.